The minimum Gasteiger partial charge on any atom is -0.416 e. The molecule has 162 valence electrons. The molecule has 0 aromatic rings. The Labute approximate surface area is 173 Å². The first kappa shape index (κ1) is 21.3. The fraction of sp³-hybridized carbons (Fsp3) is 1.00. The van der Waals surface area contributed by atoms with Crippen LogP contribution in [0.1, 0.15) is 75.2 Å². The van der Waals surface area contributed by atoms with Gasteiger partial charge in [0.1, 0.15) is 0 Å². The molecule has 0 bridgehead atoms. The normalized spacial score (nSPS) is 46.9. The third-order valence-electron chi connectivity index (χ3n) is 10.1. The summed E-state index contributed by atoms with van der Waals surface area (Å²) in [6.07, 6.45) is 2.06. The Morgan fingerprint density at radius 2 is 1.57 bits per heavy atom. The van der Waals surface area contributed by atoms with E-state index in [2.05, 4.69) is 48.5 Å². The summed E-state index contributed by atoms with van der Waals surface area (Å²) in [5, 5.41) is 22.1. The van der Waals surface area contributed by atoms with Gasteiger partial charge in [0.25, 0.3) is 0 Å². The Bertz CT molecular complexity index is 612. The molecule has 0 aromatic carbocycles. The maximum atomic E-state index is 11.3. The smallest absolute Gasteiger partial charge is 0.200 e. The summed E-state index contributed by atoms with van der Waals surface area (Å²) in [4.78, 5) is 0. The van der Waals surface area contributed by atoms with Crippen molar-refractivity contribution in [3.63, 3.8) is 0 Å². The summed E-state index contributed by atoms with van der Waals surface area (Å²) in [5.41, 5.74) is 0.744. The lowest BCUT2D eigenvalue weighted by molar-refractivity contribution is -0.274. The highest BCUT2D eigenvalue weighted by molar-refractivity contribution is 6.77. The molecule has 0 radical (unpaired) electrons. The fourth-order valence-electron chi connectivity index (χ4n) is 9.53. The highest BCUT2D eigenvalue weighted by Crippen LogP contribution is 2.92. The van der Waals surface area contributed by atoms with Crippen LogP contribution in [0, 0.1) is 40.9 Å². The van der Waals surface area contributed by atoms with E-state index in [0.29, 0.717) is 52.1 Å². The number of hydrogen-bond donors (Lipinski definition) is 2. The molecule has 2 N–H and O–H groups in total. The Hall–Kier alpha value is 0.0969. The third-order valence-corrected chi connectivity index (χ3v) is 16.2. The van der Waals surface area contributed by atoms with Crippen molar-refractivity contribution < 1.29 is 14.6 Å². The standard InChI is InChI=1S/C24H44O3Si/c1-13(2)28(14(3)4,15(5)6)27-12-16-17-10-11-23(9,26)24(17)19(16)18-20(21(18)24)22(7,8)25/h13-21,25-26H,10-12H2,1-9H3/t16-,17-,18?,19+,20-,21?,23-,24?/m0/s1. The second-order valence-corrected chi connectivity index (χ2v) is 17.9. The van der Waals surface area contributed by atoms with Gasteiger partial charge in [-0.1, -0.05) is 41.5 Å². The van der Waals surface area contributed by atoms with Crippen LogP contribution in [0.25, 0.3) is 0 Å². The molecule has 0 saturated heterocycles. The highest BCUT2D eigenvalue weighted by atomic mass is 28.4. The van der Waals surface area contributed by atoms with Crippen LogP contribution in [0.5, 0.6) is 0 Å². The Morgan fingerprint density at radius 1 is 1.04 bits per heavy atom. The van der Waals surface area contributed by atoms with Crippen LogP contribution in [0.4, 0.5) is 0 Å². The first-order valence-electron chi connectivity index (χ1n) is 11.8. The summed E-state index contributed by atoms with van der Waals surface area (Å²) in [6.45, 7) is 21.1. The van der Waals surface area contributed by atoms with Crippen LogP contribution in [-0.4, -0.2) is 36.3 Å². The van der Waals surface area contributed by atoms with Gasteiger partial charge in [0.05, 0.1) is 11.2 Å². The third kappa shape index (κ3) is 2.27. The topological polar surface area (TPSA) is 49.7 Å². The van der Waals surface area contributed by atoms with Crippen molar-refractivity contribution >= 4 is 8.32 Å². The molecule has 3 nitrogen and oxygen atoms in total. The summed E-state index contributed by atoms with van der Waals surface area (Å²) < 4.78 is 7.03. The van der Waals surface area contributed by atoms with Crippen molar-refractivity contribution in [1.29, 1.82) is 0 Å². The lowest BCUT2D eigenvalue weighted by Gasteiger charge is -2.70. The van der Waals surface area contributed by atoms with Crippen molar-refractivity contribution in [3.05, 3.63) is 0 Å². The molecular weight excluding hydrogens is 364 g/mol. The van der Waals surface area contributed by atoms with E-state index in [1.807, 2.05) is 13.8 Å². The second kappa shape index (κ2) is 6.08. The predicted molar refractivity (Wildman–Crippen MR) is 117 cm³/mol. The number of hydrogen-bond acceptors (Lipinski definition) is 3. The van der Waals surface area contributed by atoms with E-state index >= 15 is 0 Å². The first-order valence-corrected chi connectivity index (χ1v) is 14.0. The molecule has 4 saturated carbocycles. The van der Waals surface area contributed by atoms with Crippen molar-refractivity contribution in [2.24, 2.45) is 40.9 Å². The SMILES string of the molecule is CC(C)[Si](OC[C@H]1[C@@H]2CC[C@](C)(O)C23C2C([C@@H]2C(C)(C)O)[C@@H]13)(C(C)C)C(C)C. The van der Waals surface area contributed by atoms with E-state index in [-0.39, 0.29) is 5.41 Å². The lowest BCUT2D eigenvalue weighted by Crippen LogP contribution is -2.71. The van der Waals surface area contributed by atoms with Crippen LogP contribution < -0.4 is 0 Å². The molecule has 0 aliphatic heterocycles. The molecule has 4 heteroatoms. The Morgan fingerprint density at radius 3 is 2.04 bits per heavy atom. The van der Waals surface area contributed by atoms with Crippen LogP contribution in [0.15, 0.2) is 0 Å². The zero-order valence-corrected chi connectivity index (χ0v) is 20.6. The molecule has 28 heavy (non-hydrogen) atoms. The van der Waals surface area contributed by atoms with E-state index < -0.39 is 19.5 Å². The van der Waals surface area contributed by atoms with Gasteiger partial charge in [-0.05, 0) is 85.7 Å². The minimum absolute atomic E-state index is 0.0774. The van der Waals surface area contributed by atoms with Crippen LogP contribution in [-0.2, 0) is 4.43 Å². The summed E-state index contributed by atoms with van der Waals surface area (Å²) in [5.74, 6) is 3.28. The van der Waals surface area contributed by atoms with E-state index in [9.17, 15) is 10.2 Å². The minimum atomic E-state index is -1.86. The molecular formula is C24H44O3Si. The van der Waals surface area contributed by atoms with Crippen molar-refractivity contribution in [3.8, 4) is 0 Å². The maximum Gasteiger partial charge on any atom is 0.200 e. The van der Waals surface area contributed by atoms with Crippen molar-refractivity contribution in [2.75, 3.05) is 6.61 Å². The van der Waals surface area contributed by atoms with Gasteiger partial charge in [0.2, 0.25) is 0 Å². The molecule has 0 heterocycles. The van der Waals surface area contributed by atoms with Gasteiger partial charge in [-0.2, -0.15) is 0 Å². The molecule has 1 spiro atoms. The first-order chi connectivity index (χ1) is 12.8. The predicted octanol–water partition coefficient (Wildman–Crippen LogP) is 5.22. The van der Waals surface area contributed by atoms with Gasteiger partial charge in [-0.25, -0.2) is 0 Å². The van der Waals surface area contributed by atoms with Crippen molar-refractivity contribution in [1.82, 2.24) is 0 Å². The summed E-state index contributed by atoms with van der Waals surface area (Å²) in [7, 11) is -1.86. The van der Waals surface area contributed by atoms with E-state index in [1.54, 1.807) is 0 Å². The van der Waals surface area contributed by atoms with Crippen LogP contribution >= 0.6 is 0 Å². The maximum absolute atomic E-state index is 11.3. The molecule has 4 rings (SSSR count). The molecule has 4 aliphatic carbocycles. The average molecular weight is 409 g/mol. The van der Waals surface area contributed by atoms with Gasteiger partial charge in [-0.3, -0.25) is 0 Å². The van der Waals surface area contributed by atoms with Gasteiger partial charge in [0.15, 0.2) is 8.32 Å². The van der Waals surface area contributed by atoms with E-state index in [0.717, 1.165) is 19.4 Å². The van der Waals surface area contributed by atoms with Gasteiger partial charge in [-0.15, -0.1) is 0 Å². The van der Waals surface area contributed by atoms with Gasteiger partial charge < -0.3 is 14.6 Å². The summed E-state index contributed by atoms with van der Waals surface area (Å²) >= 11 is 0. The monoisotopic (exact) mass is 408 g/mol. The zero-order chi connectivity index (χ0) is 21.0. The van der Waals surface area contributed by atoms with Crippen LogP contribution in [0.3, 0.4) is 0 Å². The Kier molecular flexibility index (Phi) is 4.63. The number of fused-ring (bicyclic) bond motifs is 2. The largest absolute Gasteiger partial charge is 0.416 e. The van der Waals surface area contributed by atoms with E-state index in [4.69, 9.17) is 4.43 Å². The zero-order valence-electron chi connectivity index (χ0n) is 19.6. The molecule has 0 aromatic heterocycles. The molecule has 0 amide bonds. The fourth-order valence-corrected chi connectivity index (χ4v) is 15.0. The molecule has 4 aliphatic rings. The van der Waals surface area contributed by atoms with Crippen LogP contribution in [0.2, 0.25) is 16.6 Å². The molecule has 3 unspecified atom stereocenters. The summed E-state index contributed by atoms with van der Waals surface area (Å²) in [6, 6.07) is 0. The quantitative estimate of drug-likeness (QED) is 0.568. The Balaban J connectivity index is 1.57. The number of aliphatic hydroxyl groups is 2. The van der Waals surface area contributed by atoms with Gasteiger partial charge >= 0.3 is 0 Å². The van der Waals surface area contributed by atoms with E-state index in [1.165, 1.54) is 0 Å². The highest BCUT2D eigenvalue weighted by Gasteiger charge is 2.92. The van der Waals surface area contributed by atoms with Crippen molar-refractivity contribution in [2.45, 2.75) is 103 Å². The molecule has 4 fully saturated rings. The van der Waals surface area contributed by atoms with Gasteiger partial charge in [0, 0.05) is 12.0 Å². The lowest BCUT2D eigenvalue weighted by atomic mass is 9.36. The second-order valence-electron chi connectivity index (χ2n) is 12.5. The number of rotatable bonds is 7. The molecule has 8 atom stereocenters. The average Bonchev–Trinajstić information content (AvgIpc) is 3.08.